The predicted octanol–water partition coefficient (Wildman–Crippen LogP) is 0.374. The van der Waals surface area contributed by atoms with Crippen LogP contribution in [0.3, 0.4) is 0 Å². The number of sulfonamides is 1. The van der Waals surface area contributed by atoms with Gasteiger partial charge in [-0.05, 0) is 20.8 Å². The summed E-state index contributed by atoms with van der Waals surface area (Å²) >= 11 is 0. The van der Waals surface area contributed by atoms with Crippen molar-refractivity contribution >= 4 is 15.9 Å². The minimum absolute atomic E-state index is 0.0594. The second-order valence-electron chi connectivity index (χ2n) is 3.70. The first kappa shape index (κ1) is 12.7. The lowest BCUT2D eigenvalue weighted by Gasteiger charge is -2.04. The van der Waals surface area contributed by atoms with Gasteiger partial charge in [-0.3, -0.25) is 4.79 Å². The third-order valence-corrected chi connectivity index (χ3v) is 2.84. The Hall–Kier alpha value is -1.34. The van der Waals surface area contributed by atoms with E-state index in [-0.39, 0.29) is 22.5 Å². The van der Waals surface area contributed by atoms with E-state index in [2.05, 4.69) is 5.32 Å². The van der Waals surface area contributed by atoms with E-state index in [4.69, 9.17) is 9.56 Å². The highest BCUT2D eigenvalue weighted by Gasteiger charge is 2.21. The normalized spacial score (nSPS) is 11.8. The van der Waals surface area contributed by atoms with E-state index in [0.29, 0.717) is 0 Å². The zero-order valence-corrected chi connectivity index (χ0v) is 10.1. The first-order valence-corrected chi connectivity index (χ1v) is 6.20. The largest absolute Gasteiger partial charge is 0.455 e. The molecule has 0 aromatic carbocycles. The average Bonchev–Trinajstić information content (AvgIpc) is 2.44. The molecule has 90 valence electrons. The third-order valence-electron chi connectivity index (χ3n) is 1.82. The second kappa shape index (κ2) is 4.26. The molecule has 0 aliphatic heterocycles. The summed E-state index contributed by atoms with van der Waals surface area (Å²) in [7, 11) is -3.85. The Morgan fingerprint density at radius 2 is 2.06 bits per heavy atom. The Morgan fingerprint density at radius 1 is 1.50 bits per heavy atom. The number of nitrogens with two attached hydrogens (primary N) is 1. The van der Waals surface area contributed by atoms with Gasteiger partial charge in [-0.2, -0.15) is 0 Å². The van der Waals surface area contributed by atoms with Crippen molar-refractivity contribution in [3.63, 3.8) is 0 Å². The molecule has 0 atom stereocenters. The number of furan rings is 1. The van der Waals surface area contributed by atoms with E-state index in [1.165, 1.54) is 6.92 Å². The van der Waals surface area contributed by atoms with E-state index >= 15 is 0 Å². The van der Waals surface area contributed by atoms with Crippen molar-refractivity contribution in [2.45, 2.75) is 31.7 Å². The molecule has 1 aromatic rings. The van der Waals surface area contributed by atoms with Crippen LogP contribution in [0.2, 0.25) is 0 Å². The van der Waals surface area contributed by atoms with Crippen molar-refractivity contribution in [3.05, 3.63) is 17.6 Å². The summed E-state index contributed by atoms with van der Waals surface area (Å²) in [6, 6.07) is 1.07. The van der Waals surface area contributed by atoms with Crippen LogP contribution in [0, 0.1) is 6.92 Å². The summed E-state index contributed by atoms with van der Waals surface area (Å²) in [5.41, 5.74) is 0. The molecule has 0 aliphatic carbocycles. The van der Waals surface area contributed by atoms with Crippen LogP contribution >= 0.6 is 0 Å². The van der Waals surface area contributed by atoms with Gasteiger partial charge in [-0.15, -0.1) is 0 Å². The number of primary sulfonamides is 1. The Kier molecular flexibility index (Phi) is 3.39. The molecule has 1 aromatic heterocycles. The molecule has 0 bridgehead atoms. The molecule has 7 heteroatoms. The predicted molar refractivity (Wildman–Crippen MR) is 57.4 cm³/mol. The Labute approximate surface area is 93.9 Å². The monoisotopic (exact) mass is 246 g/mol. The van der Waals surface area contributed by atoms with E-state index < -0.39 is 15.9 Å². The van der Waals surface area contributed by atoms with Crippen molar-refractivity contribution in [2.75, 3.05) is 0 Å². The van der Waals surface area contributed by atoms with Gasteiger partial charge in [0.25, 0.3) is 5.91 Å². The van der Waals surface area contributed by atoms with E-state index in [9.17, 15) is 13.2 Å². The van der Waals surface area contributed by atoms with Gasteiger partial charge in [0.2, 0.25) is 10.0 Å². The zero-order chi connectivity index (χ0) is 12.5. The highest BCUT2D eigenvalue weighted by molar-refractivity contribution is 7.89. The van der Waals surface area contributed by atoms with E-state index in [1.54, 1.807) is 13.8 Å². The number of aryl methyl sites for hydroxylation is 1. The van der Waals surface area contributed by atoms with Gasteiger partial charge in [0, 0.05) is 12.1 Å². The molecule has 0 unspecified atom stereocenters. The number of carbonyl (C=O) groups excluding carboxylic acids is 1. The third kappa shape index (κ3) is 2.83. The number of carbonyl (C=O) groups is 1. The van der Waals surface area contributed by atoms with Crippen LogP contribution in [-0.2, 0) is 10.0 Å². The van der Waals surface area contributed by atoms with Gasteiger partial charge in [0.15, 0.2) is 5.76 Å². The van der Waals surface area contributed by atoms with Gasteiger partial charge < -0.3 is 9.73 Å². The smallest absolute Gasteiger partial charge is 0.287 e. The molecule has 1 amide bonds. The minimum atomic E-state index is -3.85. The van der Waals surface area contributed by atoms with Crippen molar-refractivity contribution in [3.8, 4) is 0 Å². The highest BCUT2D eigenvalue weighted by Crippen LogP contribution is 2.18. The fraction of sp³-hybridized carbons (Fsp3) is 0.444. The fourth-order valence-electron chi connectivity index (χ4n) is 1.19. The van der Waals surface area contributed by atoms with Gasteiger partial charge >= 0.3 is 0 Å². The number of hydrogen-bond donors (Lipinski definition) is 2. The Bertz CT molecular complexity index is 502. The van der Waals surface area contributed by atoms with Crippen molar-refractivity contribution < 1.29 is 17.6 Å². The highest BCUT2D eigenvalue weighted by atomic mass is 32.2. The standard InChI is InChI=1S/C9H14N2O4S/c1-5(2)11-9(12)7-4-8(6(3)15-7)16(10,13)14/h4-5H,1-3H3,(H,11,12)(H2,10,13,14). The van der Waals surface area contributed by atoms with Gasteiger partial charge in [0.05, 0.1) is 0 Å². The van der Waals surface area contributed by atoms with Crippen LogP contribution in [0.5, 0.6) is 0 Å². The molecular formula is C9H14N2O4S. The van der Waals surface area contributed by atoms with Gasteiger partial charge in [0.1, 0.15) is 10.7 Å². The van der Waals surface area contributed by atoms with E-state index in [1.807, 2.05) is 0 Å². The lowest BCUT2D eigenvalue weighted by molar-refractivity contribution is 0.0914. The molecule has 0 radical (unpaired) electrons. The first-order valence-electron chi connectivity index (χ1n) is 4.66. The molecule has 0 saturated carbocycles. The summed E-state index contributed by atoms with van der Waals surface area (Å²) in [5, 5.41) is 7.54. The zero-order valence-electron chi connectivity index (χ0n) is 9.27. The van der Waals surface area contributed by atoms with Crippen LogP contribution in [0.1, 0.15) is 30.2 Å². The summed E-state index contributed by atoms with van der Waals surface area (Å²) < 4.78 is 27.2. The van der Waals surface area contributed by atoms with Crippen molar-refractivity contribution in [2.24, 2.45) is 5.14 Å². The quantitative estimate of drug-likeness (QED) is 0.804. The van der Waals surface area contributed by atoms with Gasteiger partial charge in [-0.1, -0.05) is 0 Å². The minimum Gasteiger partial charge on any atom is -0.455 e. The van der Waals surface area contributed by atoms with Crippen LogP contribution in [0.25, 0.3) is 0 Å². The molecule has 3 N–H and O–H groups in total. The molecular weight excluding hydrogens is 232 g/mol. The molecule has 1 rings (SSSR count). The molecule has 0 spiro atoms. The molecule has 16 heavy (non-hydrogen) atoms. The topological polar surface area (TPSA) is 102 Å². The van der Waals surface area contributed by atoms with Crippen LogP contribution in [0.4, 0.5) is 0 Å². The number of rotatable bonds is 3. The molecule has 0 saturated heterocycles. The van der Waals surface area contributed by atoms with Crippen molar-refractivity contribution in [1.82, 2.24) is 5.32 Å². The fourth-order valence-corrected chi connectivity index (χ4v) is 1.91. The molecule has 1 heterocycles. The number of amides is 1. The number of hydrogen-bond acceptors (Lipinski definition) is 4. The summed E-state index contributed by atoms with van der Waals surface area (Å²) in [6.45, 7) is 5.01. The Morgan fingerprint density at radius 3 is 2.44 bits per heavy atom. The summed E-state index contributed by atoms with van der Waals surface area (Å²) in [4.78, 5) is 11.3. The van der Waals surface area contributed by atoms with Crippen LogP contribution in [0.15, 0.2) is 15.4 Å². The lowest BCUT2D eigenvalue weighted by atomic mass is 10.3. The second-order valence-corrected chi connectivity index (χ2v) is 5.23. The van der Waals surface area contributed by atoms with Crippen LogP contribution < -0.4 is 10.5 Å². The average molecular weight is 246 g/mol. The summed E-state index contributed by atoms with van der Waals surface area (Å²) in [6.07, 6.45) is 0. The maximum absolute atomic E-state index is 11.5. The number of nitrogens with one attached hydrogen (secondary N) is 1. The molecule has 6 nitrogen and oxygen atoms in total. The lowest BCUT2D eigenvalue weighted by Crippen LogP contribution is -2.29. The first-order chi connectivity index (χ1) is 7.21. The maximum Gasteiger partial charge on any atom is 0.287 e. The maximum atomic E-state index is 11.5. The van der Waals surface area contributed by atoms with Crippen molar-refractivity contribution in [1.29, 1.82) is 0 Å². The molecule has 0 fully saturated rings. The summed E-state index contributed by atoms with van der Waals surface area (Å²) in [5.74, 6) is -0.417. The van der Waals surface area contributed by atoms with Crippen LogP contribution in [-0.4, -0.2) is 20.4 Å². The van der Waals surface area contributed by atoms with Gasteiger partial charge in [-0.25, -0.2) is 13.6 Å². The van der Waals surface area contributed by atoms with E-state index in [0.717, 1.165) is 6.07 Å². The Balaban J connectivity index is 3.07. The SMILES string of the molecule is Cc1oc(C(=O)NC(C)C)cc1S(N)(=O)=O. The molecule has 0 aliphatic rings.